The molecule has 0 heterocycles. The summed E-state index contributed by atoms with van der Waals surface area (Å²) in [6.07, 6.45) is 0. The van der Waals surface area contributed by atoms with Crippen LogP contribution >= 0.6 is 11.6 Å². The molecule has 0 aliphatic heterocycles. The van der Waals surface area contributed by atoms with Crippen molar-refractivity contribution in [1.82, 2.24) is 4.90 Å². The molecule has 0 bridgehead atoms. The third-order valence-electron chi connectivity index (χ3n) is 4.72. The maximum absolute atomic E-state index is 8.35. The number of hydrogen-bond donors (Lipinski definition) is 0. The van der Waals surface area contributed by atoms with Crippen LogP contribution in [0.25, 0.3) is 10.6 Å². The minimum absolute atomic E-state index is 0.0222. The van der Waals surface area contributed by atoms with Crippen LogP contribution in [-0.4, -0.2) is 31.1 Å². The van der Waals surface area contributed by atoms with Crippen molar-refractivity contribution < 1.29 is 11.6 Å². The average molecular weight is 411 g/mol. The second-order valence-electron chi connectivity index (χ2n) is 6.45. The van der Waals surface area contributed by atoms with Gasteiger partial charge in [0.1, 0.15) is 12.4 Å². The normalized spacial score (nSPS) is 14.4. The van der Waals surface area contributed by atoms with Crippen molar-refractivity contribution >= 4 is 22.2 Å². The Balaban J connectivity index is 2.05. The molecule has 150 valence electrons. The molecule has 2 nitrogen and oxygen atoms in total. The summed E-state index contributed by atoms with van der Waals surface area (Å²) in [7, 11) is 0. The molecular weight excluding hydrogens is 378 g/mol. The second kappa shape index (κ2) is 10.8. The van der Waals surface area contributed by atoms with Gasteiger partial charge in [0.05, 0.1) is 11.9 Å². The van der Waals surface area contributed by atoms with E-state index in [-0.39, 0.29) is 22.7 Å². The van der Waals surface area contributed by atoms with Gasteiger partial charge in [-0.2, -0.15) is 0 Å². The molecule has 3 aromatic rings. The molecule has 29 heavy (non-hydrogen) atoms. The molecule has 0 N–H and O–H groups in total. The molecule has 0 radical (unpaired) electrons. The van der Waals surface area contributed by atoms with E-state index in [4.69, 9.17) is 23.2 Å². The topological polar surface area (TPSA) is 12.5 Å². The zero-order valence-corrected chi connectivity index (χ0v) is 17.5. The highest BCUT2D eigenvalue weighted by atomic mass is 35.5. The van der Waals surface area contributed by atoms with Gasteiger partial charge in [-0.15, -0.1) is 0 Å². The van der Waals surface area contributed by atoms with Crippen molar-refractivity contribution in [3.8, 4) is 5.75 Å². The summed E-state index contributed by atoms with van der Waals surface area (Å²) in [5.74, 6) is 0.724. The Morgan fingerprint density at radius 3 is 2.10 bits per heavy atom. The first kappa shape index (κ1) is 15.3. The van der Waals surface area contributed by atoms with Gasteiger partial charge < -0.3 is 9.64 Å². The smallest absolute Gasteiger partial charge is 0.119 e. The van der Waals surface area contributed by atoms with Gasteiger partial charge in [-0.25, -0.2) is 0 Å². The molecule has 3 aromatic carbocycles. The lowest BCUT2D eigenvalue weighted by Crippen LogP contribution is -2.27. The first-order valence-electron chi connectivity index (χ1n) is 12.3. The Morgan fingerprint density at radius 1 is 0.862 bits per heavy atom. The first-order valence-corrected chi connectivity index (χ1v) is 10.2. The molecule has 0 saturated carbocycles. The zero-order valence-electron chi connectivity index (χ0n) is 21.8. The number of benzene rings is 3. The fourth-order valence-corrected chi connectivity index (χ4v) is 3.37. The monoisotopic (exact) mass is 410 g/mol. The Labute approximate surface area is 186 Å². The van der Waals surface area contributed by atoms with Crippen LogP contribution < -0.4 is 4.74 Å². The lowest BCUT2D eigenvalue weighted by atomic mass is 9.95. The van der Waals surface area contributed by atoms with Gasteiger partial charge >= 0.3 is 0 Å². The molecule has 0 atom stereocenters. The summed E-state index contributed by atoms with van der Waals surface area (Å²) in [5.41, 5.74) is 2.08. The van der Waals surface area contributed by atoms with Crippen molar-refractivity contribution in [1.29, 1.82) is 0 Å². The molecule has 0 amide bonds. The number of halogens is 1. The highest BCUT2D eigenvalue weighted by molar-refractivity contribution is 6.53. The molecule has 0 saturated heterocycles. The number of likely N-dealkylation sites (N-methyl/N-ethyl adjacent to an activating group) is 1. The van der Waals surface area contributed by atoms with Crippen LogP contribution in [-0.2, 0) is 0 Å². The highest BCUT2D eigenvalue weighted by Gasteiger charge is 2.12. The molecule has 0 aliphatic rings. The van der Waals surface area contributed by atoms with Crippen LogP contribution in [0, 0.1) is 0 Å². The lowest BCUT2D eigenvalue weighted by molar-refractivity contribution is 0.223. The third-order valence-corrected chi connectivity index (χ3v) is 5.09. The van der Waals surface area contributed by atoms with Gasteiger partial charge in [0.25, 0.3) is 0 Å². The summed E-state index contributed by atoms with van der Waals surface area (Å²) < 4.78 is 46.5. The largest absolute Gasteiger partial charge is 0.492 e. The maximum atomic E-state index is 8.35. The maximum Gasteiger partial charge on any atom is 0.119 e. The van der Waals surface area contributed by atoms with Crippen molar-refractivity contribution in [2.24, 2.45) is 0 Å². The van der Waals surface area contributed by atoms with Crippen LogP contribution in [0.1, 0.15) is 37.4 Å². The fourth-order valence-electron chi connectivity index (χ4n) is 3.06. The first-order chi connectivity index (χ1) is 16.3. The lowest BCUT2D eigenvalue weighted by Gasteiger charge is -2.18. The van der Waals surface area contributed by atoms with Crippen LogP contribution in [0.15, 0.2) is 84.8 Å². The molecule has 0 spiro atoms. The van der Waals surface area contributed by atoms with E-state index in [1.165, 1.54) is 0 Å². The van der Waals surface area contributed by atoms with Crippen LogP contribution in [0.2, 0.25) is 0 Å². The number of hydrogen-bond acceptors (Lipinski definition) is 2. The standard InChI is InChI=1S/C26H28ClNO/c1-3-28(4-2)19-20-29-24-17-15-22(16-18-24)25(21-11-7-5-8-12-21)26(27)23-13-9-6-10-14-23/h5-18H,3-4,19-20H2,1-2H3/b26-25+/i6D,9D,10D,13D,14D. The summed E-state index contributed by atoms with van der Waals surface area (Å²) in [5, 5.41) is 0.0957. The Hall–Kier alpha value is -2.55. The van der Waals surface area contributed by atoms with E-state index in [1.807, 2.05) is 54.6 Å². The SMILES string of the molecule is [2H]c1c([2H])c([2H])c(/C(Cl)=C(/c2ccccc2)c2ccc(OCCN(CC)CC)cc2)c([2H])c1[2H]. The summed E-state index contributed by atoms with van der Waals surface area (Å²) in [4.78, 5) is 2.28. The van der Waals surface area contributed by atoms with Crippen LogP contribution in [0.4, 0.5) is 0 Å². The van der Waals surface area contributed by atoms with E-state index in [9.17, 15) is 0 Å². The highest BCUT2D eigenvalue weighted by Crippen LogP contribution is 2.35. The molecule has 0 unspecified atom stereocenters. The van der Waals surface area contributed by atoms with E-state index >= 15 is 0 Å². The second-order valence-corrected chi connectivity index (χ2v) is 6.83. The number of ether oxygens (including phenoxy) is 1. The van der Waals surface area contributed by atoms with Gasteiger partial charge in [0, 0.05) is 12.1 Å². The predicted octanol–water partition coefficient (Wildman–Crippen LogP) is 6.56. The quantitative estimate of drug-likeness (QED) is 0.370. The summed E-state index contributed by atoms with van der Waals surface area (Å²) in [6, 6.07) is 14.9. The van der Waals surface area contributed by atoms with Crippen molar-refractivity contribution in [3.63, 3.8) is 0 Å². The number of nitrogens with zero attached hydrogens (tertiary/aromatic N) is 1. The molecule has 0 aromatic heterocycles. The van der Waals surface area contributed by atoms with Crippen LogP contribution in [0.3, 0.4) is 0 Å². The van der Waals surface area contributed by atoms with Gasteiger partial charge in [-0.1, -0.05) is 98.1 Å². The Morgan fingerprint density at radius 2 is 1.48 bits per heavy atom. The van der Waals surface area contributed by atoms with E-state index in [0.29, 0.717) is 12.2 Å². The van der Waals surface area contributed by atoms with Gasteiger partial charge in [0.2, 0.25) is 0 Å². The molecule has 3 heteroatoms. The van der Waals surface area contributed by atoms with E-state index in [2.05, 4.69) is 18.7 Å². The van der Waals surface area contributed by atoms with E-state index in [1.54, 1.807) is 0 Å². The van der Waals surface area contributed by atoms with Gasteiger partial charge in [-0.05, 0) is 41.9 Å². The van der Waals surface area contributed by atoms with Crippen molar-refractivity contribution in [2.45, 2.75) is 13.8 Å². The Bertz CT molecular complexity index is 1130. The Kier molecular flexibility index (Phi) is 5.73. The predicted molar refractivity (Wildman–Crippen MR) is 124 cm³/mol. The summed E-state index contributed by atoms with van der Waals surface area (Å²) >= 11 is 6.81. The van der Waals surface area contributed by atoms with Crippen molar-refractivity contribution in [2.75, 3.05) is 26.2 Å². The van der Waals surface area contributed by atoms with E-state index in [0.717, 1.165) is 36.5 Å². The van der Waals surface area contributed by atoms with Crippen molar-refractivity contribution in [3.05, 3.63) is 101 Å². The van der Waals surface area contributed by atoms with Crippen LogP contribution in [0.5, 0.6) is 5.75 Å². The molecular formula is C26H28ClNO. The minimum Gasteiger partial charge on any atom is -0.492 e. The molecule has 3 rings (SSSR count). The summed E-state index contributed by atoms with van der Waals surface area (Å²) in [6.45, 7) is 7.60. The third kappa shape index (κ3) is 5.72. The fraction of sp³-hybridized carbons (Fsp3) is 0.231. The van der Waals surface area contributed by atoms with E-state index < -0.39 is 18.1 Å². The average Bonchev–Trinajstić information content (AvgIpc) is 2.86. The zero-order chi connectivity index (χ0) is 24.8. The molecule has 0 fully saturated rings. The van der Waals surface area contributed by atoms with Gasteiger partial charge in [0.15, 0.2) is 0 Å². The minimum atomic E-state index is -0.448. The number of rotatable bonds is 9. The molecule has 0 aliphatic carbocycles. The van der Waals surface area contributed by atoms with Gasteiger partial charge in [-0.3, -0.25) is 0 Å².